The van der Waals surface area contributed by atoms with Crippen LogP contribution in [0.25, 0.3) is 0 Å². The lowest BCUT2D eigenvalue weighted by Crippen LogP contribution is -2.49. The van der Waals surface area contributed by atoms with Crippen molar-refractivity contribution in [2.24, 2.45) is 5.92 Å². The molecule has 0 bridgehead atoms. The van der Waals surface area contributed by atoms with Gasteiger partial charge in [-0.1, -0.05) is 6.92 Å². The van der Waals surface area contributed by atoms with E-state index in [9.17, 15) is 4.79 Å². The van der Waals surface area contributed by atoms with Gasteiger partial charge in [-0.2, -0.15) is 0 Å². The average molecular weight is 209 g/mol. The number of Topliss-reactive ketones (excluding diaryl/α,β-unsaturated/α-hetero) is 1. The first-order valence-corrected chi connectivity index (χ1v) is 6.46. The number of carbonyl (C=O) groups excluding carboxylic acids is 1. The Morgan fingerprint density at radius 1 is 1.13 bits per heavy atom. The quantitative estimate of drug-likeness (QED) is 0.661. The second-order valence-corrected chi connectivity index (χ2v) is 5.37. The van der Waals surface area contributed by atoms with Crippen LogP contribution in [0.1, 0.15) is 52.4 Å². The Hall–Kier alpha value is -0.370. The highest BCUT2D eigenvalue weighted by atomic mass is 16.1. The highest BCUT2D eigenvalue weighted by molar-refractivity contribution is 5.79. The van der Waals surface area contributed by atoms with Crippen molar-refractivity contribution >= 4 is 5.78 Å². The highest BCUT2D eigenvalue weighted by Gasteiger charge is 2.32. The lowest BCUT2D eigenvalue weighted by atomic mass is 9.86. The Kier molecular flexibility index (Phi) is 3.45. The van der Waals surface area contributed by atoms with Crippen molar-refractivity contribution in [3.05, 3.63) is 0 Å². The second kappa shape index (κ2) is 4.65. The summed E-state index contributed by atoms with van der Waals surface area (Å²) in [4.78, 5) is 13.9. The Labute approximate surface area is 93.0 Å². The molecule has 2 rings (SSSR count). The molecule has 0 amide bonds. The minimum atomic E-state index is 0.476. The number of piperidine rings is 1. The van der Waals surface area contributed by atoms with E-state index >= 15 is 0 Å². The molecule has 2 heteroatoms. The van der Waals surface area contributed by atoms with Gasteiger partial charge in [-0.05, 0) is 45.1 Å². The van der Waals surface area contributed by atoms with E-state index in [1.165, 1.54) is 19.4 Å². The van der Waals surface area contributed by atoms with Gasteiger partial charge in [0.2, 0.25) is 0 Å². The standard InChI is InChI=1S/C13H23NO/c1-10-4-3-9-14(11(10)2)12-5-7-13(15)8-6-12/h10-12H,3-9H2,1-2H3. The number of hydrogen-bond acceptors (Lipinski definition) is 2. The maximum absolute atomic E-state index is 11.2. The third kappa shape index (κ3) is 2.41. The normalized spacial score (nSPS) is 35.7. The van der Waals surface area contributed by atoms with Crippen LogP contribution in [-0.4, -0.2) is 29.3 Å². The van der Waals surface area contributed by atoms with E-state index in [4.69, 9.17) is 0 Å². The first-order chi connectivity index (χ1) is 7.18. The van der Waals surface area contributed by atoms with E-state index < -0.39 is 0 Å². The molecular weight excluding hydrogens is 186 g/mol. The zero-order chi connectivity index (χ0) is 10.8. The fraction of sp³-hybridized carbons (Fsp3) is 0.923. The molecule has 1 saturated carbocycles. The van der Waals surface area contributed by atoms with Crippen LogP contribution >= 0.6 is 0 Å². The van der Waals surface area contributed by atoms with Crippen LogP contribution in [0.2, 0.25) is 0 Å². The van der Waals surface area contributed by atoms with Gasteiger partial charge < -0.3 is 0 Å². The summed E-state index contributed by atoms with van der Waals surface area (Å²) >= 11 is 0. The summed E-state index contributed by atoms with van der Waals surface area (Å²) in [6.07, 6.45) is 6.58. The molecule has 2 atom stereocenters. The summed E-state index contributed by atoms with van der Waals surface area (Å²) in [6.45, 7) is 5.98. The summed E-state index contributed by atoms with van der Waals surface area (Å²) in [5, 5.41) is 0. The molecule has 0 N–H and O–H groups in total. The largest absolute Gasteiger partial charge is 0.300 e. The number of carbonyl (C=O) groups is 1. The zero-order valence-corrected chi connectivity index (χ0v) is 10.0. The van der Waals surface area contributed by atoms with Crippen molar-refractivity contribution in [3.63, 3.8) is 0 Å². The van der Waals surface area contributed by atoms with Crippen LogP contribution in [0, 0.1) is 5.92 Å². The fourth-order valence-corrected chi connectivity index (χ4v) is 3.14. The number of nitrogens with zero attached hydrogens (tertiary/aromatic N) is 1. The number of hydrogen-bond donors (Lipinski definition) is 0. The van der Waals surface area contributed by atoms with Gasteiger partial charge in [-0.25, -0.2) is 0 Å². The van der Waals surface area contributed by atoms with E-state index in [0.717, 1.165) is 37.6 Å². The number of ketones is 1. The molecule has 1 aliphatic carbocycles. The third-order valence-corrected chi connectivity index (χ3v) is 4.40. The monoisotopic (exact) mass is 209 g/mol. The van der Waals surface area contributed by atoms with Crippen LogP contribution in [0.3, 0.4) is 0 Å². The number of likely N-dealkylation sites (tertiary alicyclic amines) is 1. The van der Waals surface area contributed by atoms with Gasteiger partial charge in [-0.15, -0.1) is 0 Å². The molecule has 1 heterocycles. The van der Waals surface area contributed by atoms with Crippen LogP contribution in [0.4, 0.5) is 0 Å². The Bertz CT molecular complexity index is 229. The zero-order valence-electron chi connectivity index (χ0n) is 10.0. The molecule has 1 aliphatic heterocycles. The van der Waals surface area contributed by atoms with Gasteiger partial charge >= 0.3 is 0 Å². The van der Waals surface area contributed by atoms with Gasteiger partial charge in [0.15, 0.2) is 0 Å². The molecular formula is C13H23NO. The van der Waals surface area contributed by atoms with E-state index in [1.807, 2.05) is 0 Å². The van der Waals surface area contributed by atoms with Gasteiger partial charge in [0.1, 0.15) is 5.78 Å². The number of rotatable bonds is 1. The molecule has 0 aromatic rings. The first-order valence-electron chi connectivity index (χ1n) is 6.46. The van der Waals surface area contributed by atoms with Gasteiger partial charge in [-0.3, -0.25) is 9.69 Å². The summed E-state index contributed by atoms with van der Waals surface area (Å²) in [5.74, 6) is 1.31. The Balaban J connectivity index is 1.94. The molecule has 0 radical (unpaired) electrons. The van der Waals surface area contributed by atoms with E-state index in [1.54, 1.807) is 0 Å². The second-order valence-electron chi connectivity index (χ2n) is 5.37. The van der Waals surface area contributed by atoms with Crippen molar-refractivity contribution < 1.29 is 4.79 Å². The Morgan fingerprint density at radius 3 is 2.47 bits per heavy atom. The summed E-state index contributed by atoms with van der Waals surface area (Å²) < 4.78 is 0. The molecule has 2 nitrogen and oxygen atoms in total. The molecule has 0 aromatic heterocycles. The van der Waals surface area contributed by atoms with Crippen molar-refractivity contribution in [3.8, 4) is 0 Å². The molecule has 0 spiro atoms. The van der Waals surface area contributed by atoms with Gasteiger partial charge in [0, 0.05) is 24.9 Å². The SMILES string of the molecule is CC1CCCN(C2CCC(=O)CC2)C1C. The van der Waals surface area contributed by atoms with E-state index in [2.05, 4.69) is 18.7 Å². The van der Waals surface area contributed by atoms with Crippen molar-refractivity contribution in [2.45, 2.75) is 64.5 Å². The molecule has 2 fully saturated rings. The lowest BCUT2D eigenvalue weighted by molar-refractivity contribution is -0.121. The lowest BCUT2D eigenvalue weighted by Gasteiger charge is -2.44. The molecule has 15 heavy (non-hydrogen) atoms. The summed E-state index contributed by atoms with van der Waals surface area (Å²) in [6, 6.07) is 1.41. The van der Waals surface area contributed by atoms with Crippen molar-refractivity contribution in [1.82, 2.24) is 4.90 Å². The minimum absolute atomic E-state index is 0.476. The summed E-state index contributed by atoms with van der Waals surface area (Å²) in [7, 11) is 0. The Morgan fingerprint density at radius 2 is 1.80 bits per heavy atom. The maximum atomic E-state index is 11.2. The molecule has 86 valence electrons. The van der Waals surface area contributed by atoms with Crippen molar-refractivity contribution in [1.29, 1.82) is 0 Å². The van der Waals surface area contributed by atoms with E-state index in [0.29, 0.717) is 11.8 Å². The first kappa shape index (κ1) is 11.1. The predicted octanol–water partition coefficient (Wildman–Crippen LogP) is 2.62. The summed E-state index contributed by atoms with van der Waals surface area (Å²) in [5.41, 5.74) is 0. The van der Waals surface area contributed by atoms with Crippen LogP contribution in [-0.2, 0) is 4.79 Å². The average Bonchev–Trinajstić information content (AvgIpc) is 2.24. The smallest absolute Gasteiger partial charge is 0.133 e. The molecule has 0 aromatic carbocycles. The van der Waals surface area contributed by atoms with Gasteiger partial charge in [0.25, 0.3) is 0 Å². The predicted molar refractivity (Wildman–Crippen MR) is 61.8 cm³/mol. The van der Waals surface area contributed by atoms with Gasteiger partial charge in [0.05, 0.1) is 0 Å². The van der Waals surface area contributed by atoms with Crippen molar-refractivity contribution in [2.75, 3.05) is 6.54 Å². The highest BCUT2D eigenvalue weighted by Crippen LogP contribution is 2.29. The third-order valence-electron chi connectivity index (χ3n) is 4.40. The van der Waals surface area contributed by atoms with Crippen LogP contribution in [0.5, 0.6) is 0 Å². The minimum Gasteiger partial charge on any atom is -0.300 e. The fourth-order valence-electron chi connectivity index (χ4n) is 3.14. The molecule has 1 saturated heterocycles. The molecule has 2 unspecified atom stereocenters. The van der Waals surface area contributed by atoms with Crippen LogP contribution < -0.4 is 0 Å². The van der Waals surface area contributed by atoms with E-state index in [-0.39, 0.29) is 0 Å². The molecule has 2 aliphatic rings. The maximum Gasteiger partial charge on any atom is 0.133 e. The van der Waals surface area contributed by atoms with Crippen LogP contribution in [0.15, 0.2) is 0 Å². The topological polar surface area (TPSA) is 20.3 Å².